The van der Waals surface area contributed by atoms with Gasteiger partial charge in [0.15, 0.2) is 0 Å². The molecule has 0 radical (unpaired) electrons. The predicted molar refractivity (Wildman–Crippen MR) is 61.3 cm³/mol. The zero-order chi connectivity index (χ0) is 9.54. The van der Waals surface area contributed by atoms with Crippen molar-refractivity contribution in [3.63, 3.8) is 0 Å². The summed E-state index contributed by atoms with van der Waals surface area (Å²) in [6.07, 6.45) is 0. The van der Waals surface area contributed by atoms with Gasteiger partial charge in [0.2, 0.25) is 0 Å². The van der Waals surface area contributed by atoms with E-state index in [2.05, 4.69) is 30.3 Å². The molecule has 3 rings (SSSR count). The van der Waals surface area contributed by atoms with E-state index in [1.807, 2.05) is 12.1 Å². The molecule has 2 aromatic carbocycles. The van der Waals surface area contributed by atoms with Crippen LogP contribution in [0.1, 0.15) is 0 Å². The summed E-state index contributed by atoms with van der Waals surface area (Å²) in [7, 11) is 0. The normalized spacial score (nSPS) is 12.3. The van der Waals surface area contributed by atoms with E-state index in [9.17, 15) is 0 Å². The summed E-state index contributed by atoms with van der Waals surface area (Å²) in [4.78, 5) is 0. The zero-order valence-electron chi connectivity index (χ0n) is 7.53. The van der Waals surface area contributed by atoms with E-state index in [4.69, 9.17) is 5.73 Å². The molecule has 0 unspecified atom stereocenters. The van der Waals surface area contributed by atoms with Gasteiger partial charge in [0.05, 0.1) is 0 Å². The number of hydrogen-bond donors (Lipinski definition) is 1. The predicted octanol–water partition coefficient (Wildman–Crippen LogP) is 0.904. The second-order valence-corrected chi connectivity index (χ2v) is 5.47. The molecule has 1 aliphatic heterocycles. The van der Waals surface area contributed by atoms with E-state index in [0.717, 1.165) is 5.69 Å². The Morgan fingerprint density at radius 1 is 0.857 bits per heavy atom. The van der Waals surface area contributed by atoms with Crippen molar-refractivity contribution >= 4 is 29.6 Å². The van der Waals surface area contributed by atoms with Crippen molar-refractivity contribution in [2.45, 2.75) is 0 Å². The number of nitrogens with two attached hydrogens (primary N) is 1. The summed E-state index contributed by atoms with van der Waals surface area (Å²) in [5.41, 5.74) is 9.49. The molecule has 2 heteroatoms. The Morgan fingerprint density at radius 2 is 1.64 bits per heavy atom. The van der Waals surface area contributed by atoms with Gasteiger partial charge in [-0.05, 0) is 0 Å². The Bertz CT molecular complexity index is 491. The van der Waals surface area contributed by atoms with E-state index in [1.165, 1.54) is 20.1 Å². The first-order valence-electron chi connectivity index (χ1n) is 4.52. The van der Waals surface area contributed by atoms with Crippen LogP contribution in [0.5, 0.6) is 0 Å². The van der Waals surface area contributed by atoms with Crippen LogP contribution >= 0.6 is 0 Å². The molecule has 2 N–H and O–H groups in total. The molecule has 14 heavy (non-hydrogen) atoms. The van der Waals surface area contributed by atoms with Crippen LogP contribution in [0.15, 0.2) is 42.5 Å². The molecule has 0 bridgehead atoms. The molecular formula is C12H9NSe. The van der Waals surface area contributed by atoms with E-state index in [0.29, 0.717) is 15.0 Å². The topological polar surface area (TPSA) is 26.0 Å². The Labute approximate surface area is 89.1 Å². The summed E-state index contributed by atoms with van der Waals surface area (Å²) in [6.45, 7) is 0. The molecule has 0 amide bonds. The summed E-state index contributed by atoms with van der Waals surface area (Å²) in [6, 6.07) is 14.7. The number of anilines is 1. The maximum absolute atomic E-state index is 5.83. The molecule has 1 heterocycles. The van der Waals surface area contributed by atoms with Crippen molar-refractivity contribution in [3.8, 4) is 11.1 Å². The molecular weight excluding hydrogens is 237 g/mol. The van der Waals surface area contributed by atoms with Crippen LogP contribution in [0.4, 0.5) is 5.69 Å². The molecule has 1 nitrogen and oxygen atoms in total. The third-order valence-electron chi connectivity index (χ3n) is 2.39. The molecule has 0 aromatic heterocycles. The van der Waals surface area contributed by atoms with Crippen molar-refractivity contribution in [3.05, 3.63) is 42.5 Å². The van der Waals surface area contributed by atoms with Crippen molar-refractivity contribution in [2.75, 3.05) is 5.73 Å². The average Bonchev–Trinajstić information content (AvgIpc) is 3.00. The number of nitrogen functional groups attached to an aromatic ring is 1. The Kier molecular flexibility index (Phi) is 1.66. The summed E-state index contributed by atoms with van der Waals surface area (Å²) in [5.74, 6) is 0. The van der Waals surface area contributed by atoms with Gasteiger partial charge < -0.3 is 0 Å². The fourth-order valence-electron chi connectivity index (χ4n) is 1.61. The van der Waals surface area contributed by atoms with Crippen molar-refractivity contribution < 1.29 is 0 Å². The average molecular weight is 246 g/mol. The molecule has 0 aliphatic carbocycles. The molecule has 0 saturated heterocycles. The van der Waals surface area contributed by atoms with Gasteiger partial charge in [0, 0.05) is 0 Å². The standard InChI is InChI=1S/C12H9NSe/c13-10-7-6-9(11-12(10)14-11)8-4-2-1-3-5-8/h1-7H,13H2. The molecule has 0 fully saturated rings. The van der Waals surface area contributed by atoms with Gasteiger partial charge in [-0.25, -0.2) is 0 Å². The van der Waals surface area contributed by atoms with E-state index < -0.39 is 0 Å². The number of benzene rings is 2. The SMILES string of the molecule is Nc1ccc(-c2ccccc2)c2c1[Se]2. The Balaban J connectivity index is 2.16. The molecule has 0 saturated carbocycles. The summed E-state index contributed by atoms with van der Waals surface area (Å²) in [5, 5.41) is 0. The number of rotatable bonds is 1. The van der Waals surface area contributed by atoms with E-state index in [1.54, 1.807) is 0 Å². The third-order valence-corrected chi connectivity index (χ3v) is 4.63. The van der Waals surface area contributed by atoms with Crippen LogP contribution in [0.25, 0.3) is 11.1 Å². The monoisotopic (exact) mass is 247 g/mol. The van der Waals surface area contributed by atoms with Gasteiger partial charge in [-0.3, -0.25) is 0 Å². The van der Waals surface area contributed by atoms with Gasteiger partial charge in [-0.1, -0.05) is 0 Å². The minimum absolute atomic E-state index is 0.540. The first-order chi connectivity index (χ1) is 6.86. The number of fused-ring (bicyclic) bond motifs is 1. The van der Waals surface area contributed by atoms with Crippen LogP contribution in [0, 0.1) is 0 Å². The zero-order valence-corrected chi connectivity index (χ0v) is 9.24. The Hall–Kier alpha value is -1.24. The third kappa shape index (κ3) is 1.16. The second-order valence-electron chi connectivity index (χ2n) is 3.33. The van der Waals surface area contributed by atoms with Gasteiger partial charge >= 0.3 is 88.9 Å². The summed E-state index contributed by atoms with van der Waals surface area (Å²) >= 11 is 0.540. The quantitative estimate of drug-likeness (QED) is 0.501. The maximum atomic E-state index is 5.83. The summed E-state index contributed by atoms with van der Waals surface area (Å²) < 4.78 is 2.89. The van der Waals surface area contributed by atoms with E-state index >= 15 is 0 Å². The van der Waals surface area contributed by atoms with Crippen molar-refractivity contribution in [2.24, 2.45) is 0 Å². The molecule has 2 aromatic rings. The van der Waals surface area contributed by atoms with Gasteiger partial charge in [0.1, 0.15) is 0 Å². The second kappa shape index (κ2) is 2.88. The first-order valence-corrected chi connectivity index (χ1v) is 6.23. The molecule has 0 spiro atoms. The van der Waals surface area contributed by atoms with Crippen LogP contribution in [0.2, 0.25) is 0 Å². The van der Waals surface area contributed by atoms with Gasteiger partial charge in [0.25, 0.3) is 0 Å². The fraction of sp³-hybridized carbons (Fsp3) is 0. The fourth-order valence-corrected chi connectivity index (χ4v) is 3.42. The number of hydrogen-bond acceptors (Lipinski definition) is 1. The Morgan fingerprint density at radius 3 is 2.43 bits per heavy atom. The van der Waals surface area contributed by atoms with Crippen molar-refractivity contribution in [1.29, 1.82) is 0 Å². The van der Waals surface area contributed by atoms with Gasteiger partial charge in [-0.15, -0.1) is 0 Å². The first kappa shape index (κ1) is 8.10. The van der Waals surface area contributed by atoms with Crippen LogP contribution in [-0.2, 0) is 0 Å². The molecule has 0 atom stereocenters. The molecule has 1 aliphatic rings. The van der Waals surface area contributed by atoms with Crippen LogP contribution in [-0.4, -0.2) is 15.0 Å². The minimum atomic E-state index is 0.540. The van der Waals surface area contributed by atoms with Crippen LogP contribution in [0.3, 0.4) is 0 Å². The van der Waals surface area contributed by atoms with Crippen LogP contribution < -0.4 is 14.7 Å². The van der Waals surface area contributed by atoms with Crippen molar-refractivity contribution in [1.82, 2.24) is 0 Å². The van der Waals surface area contributed by atoms with Gasteiger partial charge in [-0.2, -0.15) is 0 Å². The molecule has 68 valence electrons. The van der Waals surface area contributed by atoms with E-state index in [-0.39, 0.29) is 0 Å².